The van der Waals surface area contributed by atoms with Gasteiger partial charge in [-0.15, -0.1) is 0 Å². The van der Waals surface area contributed by atoms with Gasteiger partial charge in [0.2, 0.25) is 0 Å². The molecule has 1 aromatic carbocycles. The number of furan rings is 1. The topological polar surface area (TPSA) is 88.8 Å². The number of carboxylic acids is 1. The van der Waals surface area contributed by atoms with Crippen LogP contribution in [0.3, 0.4) is 0 Å². The van der Waals surface area contributed by atoms with Crippen LogP contribution in [0.2, 0.25) is 0 Å². The molecule has 144 valence electrons. The van der Waals surface area contributed by atoms with Crippen LogP contribution in [0.25, 0.3) is 11.3 Å². The summed E-state index contributed by atoms with van der Waals surface area (Å²) >= 11 is 0. The zero-order chi connectivity index (χ0) is 19.2. The second kappa shape index (κ2) is 8.86. The average Bonchev–Trinajstić information content (AvgIpc) is 3.19. The summed E-state index contributed by atoms with van der Waals surface area (Å²) in [4.78, 5) is 24.0. The van der Waals surface area contributed by atoms with Gasteiger partial charge in [-0.1, -0.05) is 31.2 Å². The van der Waals surface area contributed by atoms with Crippen LogP contribution in [-0.2, 0) is 16.0 Å². The van der Waals surface area contributed by atoms with Crippen molar-refractivity contribution >= 4 is 11.9 Å². The molecule has 2 aromatic rings. The lowest BCUT2D eigenvalue weighted by atomic mass is 9.86. The van der Waals surface area contributed by atoms with Crippen molar-refractivity contribution in [1.29, 1.82) is 0 Å². The highest BCUT2D eigenvalue weighted by molar-refractivity contribution is 5.92. The van der Waals surface area contributed by atoms with Crippen molar-refractivity contribution in [2.75, 3.05) is 19.8 Å². The zero-order valence-electron chi connectivity index (χ0n) is 15.4. The first-order valence-corrected chi connectivity index (χ1v) is 9.36. The van der Waals surface area contributed by atoms with E-state index >= 15 is 0 Å². The molecule has 1 unspecified atom stereocenters. The summed E-state index contributed by atoms with van der Waals surface area (Å²) in [6.45, 7) is 3.32. The first-order valence-electron chi connectivity index (χ1n) is 9.36. The lowest BCUT2D eigenvalue weighted by Crippen LogP contribution is -2.38. The van der Waals surface area contributed by atoms with Crippen LogP contribution in [0, 0.1) is 11.8 Å². The van der Waals surface area contributed by atoms with Gasteiger partial charge < -0.3 is 19.6 Å². The number of rotatable bonds is 7. The largest absolute Gasteiger partial charge is 0.481 e. The standard InChI is InChI=1S/C21H25NO5/c1-2-14-3-5-16(6-4-14)18-7-8-19(27-18)20(23)22-13-17(21(24)25)15-9-11-26-12-10-15/h3-8,15,17H,2,9-13H2,1H3,(H,22,23)(H,24,25). The van der Waals surface area contributed by atoms with Crippen LogP contribution in [0.15, 0.2) is 40.8 Å². The number of benzene rings is 1. The van der Waals surface area contributed by atoms with Crippen molar-refractivity contribution in [3.63, 3.8) is 0 Å². The molecular weight excluding hydrogens is 346 g/mol. The number of ether oxygens (including phenoxy) is 1. The number of amides is 1. The van der Waals surface area contributed by atoms with Crippen LogP contribution in [-0.4, -0.2) is 36.7 Å². The molecule has 1 saturated heterocycles. The normalized spacial score (nSPS) is 16.0. The van der Waals surface area contributed by atoms with Gasteiger partial charge in [-0.3, -0.25) is 9.59 Å². The molecule has 1 fully saturated rings. The number of hydrogen-bond acceptors (Lipinski definition) is 4. The molecule has 1 atom stereocenters. The van der Waals surface area contributed by atoms with Gasteiger partial charge in [0.15, 0.2) is 5.76 Å². The maximum absolute atomic E-state index is 12.4. The number of carbonyl (C=O) groups is 2. The third-order valence-electron chi connectivity index (χ3n) is 5.11. The average molecular weight is 371 g/mol. The van der Waals surface area contributed by atoms with E-state index in [1.807, 2.05) is 24.3 Å². The van der Waals surface area contributed by atoms with Gasteiger partial charge in [0, 0.05) is 25.3 Å². The Bertz CT molecular complexity index is 774. The van der Waals surface area contributed by atoms with Crippen molar-refractivity contribution in [3.05, 3.63) is 47.7 Å². The monoisotopic (exact) mass is 371 g/mol. The minimum Gasteiger partial charge on any atom is -0.481 e. The molecule has 0 aliphatic carbocycles. The smallest absolute Gasteiger partial charge is 0.308 e. The lowest BCUT2D eigenvalue weighted by Gasteiger charge is -2.27. The van der Waals surface area contributed by atoms with E-state index < -0.39 is 17.8 Å². The van der Waals surface area contributed by atoms with Crippen molar-refractivity contribution in [2.24, 2.45) is 11.8 Å². The van der Waals surface area contributed by atoms with E-state index in [1.165, 1.54) is 5.56 Å². The fraction of sp³-hybridized carbons (Fsp3) is 0.429. The maximum Gasteiger partial charge on any atom is 0.308 e. The quantitative estimate of drug-likeness (QED) is 0.779. The molecule has 1 aliphatic rings. The molecule has 3 rings (SSSR count). The van der Waals surface area contributed by atoms with Crippen LogP contribution in [0.1, 0.15) is 35.9 Å². The second-order valence-electron chi connectivity index (χ2n) is 6.82. The Kier molecular flexibility index (Phi) is 6.29. The molecule has 1 aromatic heterocycles. The highest BCUT2D eigenvalue weighted by Crippen LogP contribution is 2.25. The Morgan fingerprint density at radius 2 is 1.85 bits per heavy atom. The summed E-state index contributed by atoms with van der Waals surface area (Å²) < 4.78 is 11.0. The van der Waals surface area contributed by atoms with Crippen LogP contribution >= 0.6 is 0 Å². The Balaban J connectivity index is 1.62. The summed E-state index contributed by atoms with van der Waals surface area (Å²) in [7, 11) is 0. The van der Waals surface area contributed by atoms with Gasteiger partial charge >= 0.3 is 5.97 Å². The molecule has 6 heteroatoms. The van der Waals surface area contributed by atoms with Crippen molar-refractivity contribution in [1.82, 2.24) is 5.32 Å². The van der Waals surface area contributed by atoms with Crippen molar-refractivity contribution in [2.45, 2.75) is 26.2 Å². The Morgan fingerprint density at radius 3 is 2.48 bits per heavy atom. The van der Waals surface area contributed by atoms with Crippen LogP contribution in [0.4, 0.5) is 0 Å². The number of carbonyl (C=O) groups excluding carboxylic acids is 1. The minimum atomic E-state index is -0.890. The molecule has 27 heavy (non-hydrogen) atoms. The summed E-state index contributed by atoms with van der Waals surface area (Å²) in [5, 5.41) is 12.2. The van der Waals surface area contributed by atoms with Gasteiger partial charge in [-0.05, 0) is 42.9 Å². The minimum absolute atomic E-state index is 0.0146. The Labute approximate surface area is 158 Å². The predicted octanol–water partition coefficient (Wildman–Crippen LogP) is 3.37. The molecule has 6 nitrogen and oxygen atoms in total. The van der Waals surface area contributed by atoms with Crippen LogP contribution in [0.5, 0.6) is 0 Å². The Hall–Kier alpha value is -2.60. The number of aliphatic carboxylic acids is 1. The van der Waals surface area contributed by atoms with Crippen molar-refractivity contribution < 1.29 is 23.8 Å². The molecule has 0 spiro atoms. The number of hydrogen-bond donors (Lipinski definition) is 2. The van der Waals surface area contributed by atoms with Gasteiger partial charge in [-0.25, -0.2) is 0 Å². The highest BCUT2D eigenvalue weighted by Gasteiger charge is 2.30. The highest BCUT2D eigenvalue weighted by atomic mass is 16.5. The molecular formula is C21H25NO5. The lowest BCUT2D eigenvalue weighted by molar-refractivity contribution is -0.144. The number of aryl methyl sites for hydroxylation is 1. The summed E-state index contributed by atoms with van der Waals surface area (Å²) in [5.74, 6) is -1.10. The van der Waals surface area contributed by atoms with Gasteiger partial charge in [-0.2, -0.15) is 0 Å². The molecule has 2 heterocycles. The molecule has 1 aliphatic heterocycles. The molecule has 2 N–H and O–H groups in total. The van der Waals surface area contributed by atoms with E-state index in [-0.39, 0.29) is 18.2 Å². The predicted molar refractivity (Wildman–Crippen MR) is 101 cm³/mol. The summed E-state index contributed by atoms with van der Waals surface area (Å²) in [5.41, 5.74) is 2.13. The Morgan fingerprint density at radius 1 is 1.15 bits per heavy atom. The first-order chi connectivity index (χ1) is 13.1. The van der Waals surface area contributed by atoms with Gasteiger partial charge in [0.25, 0.3) is 5.91 Å². The maximum atomic E-state index is 12.4. The van der Waals surface area contributed by atoms with E-state index in [1.54, 1.807) is 12.1 Å². The third-order valence-corrected chi connectivity index (χ3v) is 5.11. The first kappa shape index (κ1) is 19.2. The molecule has 0 radical (unpaired) electrons. The third kappa shape index (κ3) is 4.77. The van der Waals surface area contributed by atoms with E-state index in [2.05, 4.69) is 12.2 Å². The second-order valence-corrected chi connectivity index (χ2v) is 6.82. The van der Waals surface area contributed by atoms with E-state index in [0.717, 1.165) is 12.0 Å². The van der Waals surface area contributed by atoms with Crippen molar-refractivity contribution in [3.8, 4) is 11.3 Å². The number of carboxylic acid groups (broad SMARTS) is 1. The fourth-order valence-electron chi connectivity index (χ4n) is 3.38. The molecule has 0 bridgehead atoms. The van der Waals surface area contributed by atoms with E-state index in [9.17, 15) is 14.7 Å². The zero-order valence-corrected chi connectivity index (χ0v) is 15.4. The fourth-order valence-corrected chi connectivity index (χ4v) is 3.38. The van der Waals surface area contributed by atoms with Gasteiger partial charge in [0.1, 0.15) is 5.76 Å². The number of nitrogens with one attached hydrogen (secondary N) is 1. The van der Waals surface area contributed by atoms with Crippen LogP contribution < -0.4 is 5.32 Å². The molecule has 1 amide bonds. The van der Waals surface area contributed by atoms with E-state index in [0.29, 0.717) is 31.8 Å². The SMILES string of the molecule is CCc1ccc(-c2ccc(C(=O)NCC(C(=O)O)C3CCOCC3)o2)cc1. The van der Waals surface area contributed by atoms with Gasteiger partial charge in [0.05, 0.1) is 5.92 Å². The summed E-state index contributed by atoms with van der Waals surface area (Å²) in [6.07, 6.45) is 2.36. The summed E-state index contributed by atoms with van der Waals surface area (Å²) in [6, 6.07) is 11.4. The van der Waals surface area contributed by atoms with E-state index in [4.69, 9.17) is 9.15 Å². The molecule has 0 saturated carbocycles.